The number of aromatic nitrogens is 1. The third kappa shape index (κ3) is 4.13. The second kappa shape index (κ2) is 9.58. The topological polar surface area (TPSA) is 85.2 Å². The molecule has 0 bridgehead atoms. The number of methoxy groups -OCH3 is 4. The van der Waals surface area contributed by atoms with Gasteiger partial charge < -0.3 is 23.7 Å². The first-order valence-corrected chi connectivity index (χ1v) is 10.3. The highest BCUT2D eigenvalue weighted by Crippen LogP contribution is 2.39. The molecular formula is C26H23NO7. The molecule has 0 N–H and O–H groups in total. The van der Waals surface area contributed by atoms with Crippen molar-refractivity contribution >= 4 is 22.8 Å². The minimum Gasteiger partial charge on any atom is -0.497 e. The summed E-state index contributed by atoms with van der Waals surface area (Å²) in [6, 6.07) is 17.0. The van der Waals surface area contributed by atoms with E-state index < -0.39 is 6.09 Å². The van der Waals surface area contributed by atoms with E-state index in [1.54, 1.807) is 54.6 Å². The van der Waals surface area contributed by atoms with Crippen LogP contribution in [-0.4, -0.2) is 44.9 Å². The minimum absolute atomic E-state index is 0.303. The molecule has 0 aliphatic rings. The van der Waals surface area contributed by atoms with E-state index in [9.17, 15) is 9.59 Å². The predicted molar refractivity (Wildman–Crippen MR) is 126 cm³/mol. The second-order valence-corrected chi connectivity index (χ2v) is 7.22. The van der Waals surface area contributed by atoms with Crippen LogP contribution in [-0.2, 0) is 0 Å². The van der Waals surface area contributed by atoms with Gasteiger partial charge in [-0.1, -0.05) is 18.2 Å². The molecule has 0 amide bonds. The van der Waals surface area contributed by atoms with E-state index in [0.29, 0.717) is 50.8 Å². The van der Waals surface area contributed by atoms with Gasteiger partial charge in [-0.15, -0.1) is 0 Å². The van der Waals surface area contributed by atoms with E-state index in [1.165, 1.54) is 39.2 Å². The molecule has 0 aliphatic carbocycles. The minimum atomic E-state index is -0.659. The maximum absolute atomic E-state index is 13.6. The Balaban J connectivity index is 1.83. The molecule has 0 atom stereocenters. The summed E-state index contributed by atoms with van der Waals surface area (Å²) in [6.07, 6.45) is 0.800. The highest BCUT2D eigenvalue weighted by molar-refractivity contribution is 6.18. The lowest BCUT2D eigenvalue weighted by Crippen LogP contribution is -2.15. The van der Waals surface area contributed by atoms with Crippen LogP contribution in [0.3, 0.4) is 0 Å². The molecule has 0 spiro atoms. The molecule has 0 aliphatic heterocycles. The quantitative estimate of drug-likeness (QED) is 0.360. The molecule has 3 aromatic carbocycles. The summed E-state index contributed by atoms with van der Waals surface area (Å²) in [7, 11) is 5.96. The smallest absolute Gasteiger partial charge is 0.423 e. The molecule has 34 heavy (non-hydrogen) atoms. The van der Waals surface area contributed by atoms with Gasteiger partial charge in [-0.05, 0) is 36.4 Å². The number of hydrogen-bond acceptors (Lipinski definition) is 7. The lowest BCUT2D eigenvalue weighted by molar-refractivity contribution is 0.103. The Bertz CT molecular complexity index is 1330. The van der Waals surface area contributed by atoms with E-state index in [4.69, 9.17) is 23.7 Å². The van der Waals surface area contributed by atoms with Crippen molar-refractivity contribution in [3.63, 3.8) is 0 Å². The van der Waals surface area contributed by atoms with Crippen LogP contribution in [0.15, 0.2) is 66.9 Å². The zero-order chi connectivity index (χ0) is 24.2. The van der Waals surface area contributed by atoms with E-state index in [-0.39, 0.29) is 5.78 Å². The highest BCUT2D eigenvalue weighted by atomic mass is 16.6. The fraction of sp³-hybridized carbons (Fsp3) is 0.154. The van der Waals surface area contributed by atoms with Crippen LogP contribution in [0.2, 0.25) is 0 Å². The van der Waals surface area contributed by atoms with Crippen molar-refractivity contribution < 1.29 is 33.3 Å². The summed E-state index contributed by atoms with van der Waals surface area (Å²) in [5, 5.41) is 0.560. The number of ketones is 1. The molecule has 8 heteroatoms. The zero-order valence-corrected chi connectivity index (χ0v) is 19.2. The first-order valence-electron chi connectivity index (χ1n) is 10.3. The fourth-order valence-electron chi connectivity index (χ4n) is 3.67. The van der Waals surface area contributed by atoms with Crippen molar-refractivity contribution in [2.24, 2.45) is 0 Å². The van der Waals surface area contributed by atoms with Gasteiger partial charge in [-0.25, -0.2) is 4.79 Å². The van der Waals surface area contributed by atoms with Gasteiger partial charge in [0.05, 0.1) is 34.0 Å². The number of benzene rings is 3. The van der Waals surface area contributed by atoms with Crippen LogP contribution in [0.1, 0.15) is 15.9 Å². The van der Waals surface area contributed by atoms with Gasteiger partial charge in [-0.3, -0.25) is 9.36 Å². The molecule has 0 fully saturated rings. The monoisotopic (exact) mass is 461 g/mol. The summed E-state index contributed by atoms with van der Waals surface area (Å²) >= 11 is 0. The van der Waals surface area contributed by atoms with Crippen LogP contribution < -0.4 is 23.7 Å². The number of nitrogens with zero attached hydrogens (tertiary/aromatic N) is 1. The molecule has 8 nitrogen and oxygen atoms in total. The number of para-hydroxylation sites is 1. The Hall–Kier alpha value is -4.46. The van der Waals surface area contributed by atoms with E-state index >= 15 is 0 Å². The Morgan fingerprint density at radius 3 is 2.00 bits per heavy atom. The van der Waals surface area contributed by atoms with E-state index in [2.05, 4.69) is 0 Å². The van der Waals surface area contributed by atoms with Crippen molar-refractivity contribution in [1.29, 1.82) is 0 Å². The number of hydrogen-bond donors (Lipinski definition) is 0. The lowest BCUT2D eigenvalue weighted by atomic mass is 10.0. The van der Waals surface area contributed by atoms with Crippen molar-refractivity contribution in [3.8, 4) is 28.7 Å². The van der Waals surface area contributed by atoms with Crippen LogP contribution in [0.4, 0.5) is 4.79 Å². The maximum atomic E-state index is 13.6. The second-order valence-electron chi connectivity index (χ2n) is 7.22. The Labute approximate surface area is 196 Å². The molecule has 0 saturated heterocycles. The van der Waals surface area contributed by atoms with Gasteiger partial charge in [0.25, 0.3) is 0 Å². The van der Waals surface area contributed by atoms with Crippen molar-refractivity contribution in [2.75, 3.05) is 28.4 Å². The van der Waals surface area contributed by atoms with Gasteiger partial charge in [0.15, 0.2) is 17.3 Å². The fourth-order valence-corrected chi connectivity index (χ4v) is 3.67. The summed E-state index contributed by atoms with van der Waals surface area (Å²) in [5.41, 5.74) is 1.08. The highest BCUT2D eigenvalue weighted by Gasteiger charge is 2.24. The van der Waals surface area contributed by atoms with Gasteiger partial charge in [0, 0.05) is 28.8 Å². The molecular weight excluding hydrogens is 438 g/mol. The zero-order valence-electron chi connectivity index (χ0n) is 19.2. The van der Waals surface area contributed by atoms with Crippen molar-refractivity contribution in [2.45, 2.75) is 0 Å². The van der Waals surface area contributed by atoms with E-state index in [0.717, 1.165) is 0 Å². The third-order valence-corrected chi connectivity index (χ3v) is 5.33. The summed E-state index contributed by atoms with van der Waals surface area (Å²) in [6.45, 7) is 0. The van der Waals surface area contributed by atoms with Crippen molar-refractivity contribution in [3.05, 3.63) is 78.0 Å². The standard InChI is InChI=1S/C26H23NO7/c1-30-18-10-11-19-20(24(28)16-12-22(31-2)25(33-4)23(13-16)32-3)15-27(21(19)14-18)26(29)34-17-8-6-5-7-9-17/h5-15H,1-4H3. The summed E-state index contributed by atoms with van der Waals surface area (Å²) in [4.78, 5) is 26.6. The SMILES string of the molecule is COc1ccc2c(C(=O)c3cc(OC)c(OC)c(OC)c3)cn(C(=O)Oc3ccccc3)c2c1. The van der Waals surface area contributed by atoms with Gasteiger partial charge in [0.1, 0.15) is 11.5 Å². The average molecular weight is 461 g/mol. The Morgan fingerprint density at radius 2 is 1.41 bits per heavy atom. The number of ether oxygens (including phenoxy) is 5. The molecule has 4 rings (SSSR count). The molecule has 0 radical (unpaired) electrons. The van der Waals surface area contributed by atoms with Gasteiger partial charge in [-0.2, -0.15) is 0 Å². The maximum Gasteiger partial charge on any atom is 0.423 e. The van der Waals surface area contributed by atoms with Crippen LogP contribution in [0.5, 0.6) is 28.7 Å². The first kappa shape index (κ1) is 22.7. The average Bonchev–Trinajstić information content (AvgIpc) is 3.26. The molecule has 174 valence electrons. The first-order chi connectivity index (χ1) is 16.5. The number of rotatable bonds is 7. The number of carbonyl (C=O) groups excluding carboxylic acids is 2. The third-order valence-electron chi connectivity index (χ3n) is 5.33. The molecule has 1 heterocycles. The summed E-state index contributed by atoms with van der Waals surface area (Å²) < 4.78 is 28.2. The van der Waals surface area contributed by atoms with Crippen LogP contribution >= 0.6 is 0 Å². The van der Waals surface area contributed by atoms with Crippen LogP contribution in [0, 0.1) is 0 Å². The Kier molecular flexibility index (Phi) is 6.40. The largest absolute Gasteiger partial charge is 0.497 e. The molecule has 1 aromatic heterocycles. The van der Waals surface area contributed by atoms with Gasteiger partial charge in [0.2, 0.25) is 5.75 Å². The van der Waals surface area contributed by atoms with Crippen molar-refractivity contribution in [1.82, 2.24) is 4.57 Å². The lowest BCUT2D eigenvalue weighted by Gasteiger charge is -2.13. The number of carbonyl (C=O) groups is 2. The molecule has 0 saturated carbocycles. The normalized spacial score (nSPS) is 10.6. The number of fused-ring (bicyclic) bond motifs is 1. The van der Waals surface area contributed by atoms with Crippen LogP contribution in [0.25, 0.3) is 10.9 Å². The van der Waals surface area contributed by atoms with E-state index in [1.807, 2.05) is 6.07 Å². The molecule has 4 aromatic rings. The van der Waals surface area contributed by atoms with Gasteiger partial charge >= 0.3 is 6.09 Å². The predicted octanol–water partition coefficient (Wildman–Crippen LogP) is 4.95. The Morgan fingerprint density at radius 1 is 0.735 bits per heavy atom. The molecule has 0 unspecified atom stereocenters. The summed E-state index contributed by atoms with van der Waals surface area (Å²) in [5.74, 6) is 1.65.